The first-order chi connectivity index (χ1) is 6.28. The SMILES string of the molecule is CCN(/C=C/CN(CC)CC)CC. The predicted octanol–water partition coefficient (Wildman–Crippen LogP) is 2.18. The van der Waals surface area contributed by atoms with E-state index in [1.165, 1.54) is 0 Å². The van der Waals surface area contributed by atoms with Gasteiger partial charge in [0.15, 0.2) is 0 Å². The lowest BCUT2D eigenvalue weighted by molar-refractivity contribution is 0.333. The van der Waals surface area contributed by atoms with E-state index in [1.54, 1.807) is 0 Å². The van der Waals surface area contributed by atoms with Gasteiger partial charge in [-0.3, -0.25) is 0 Å². The van der Waals surface area contributed by atoms with Gasteiger partial charge in [-0.1, -0.05) is 19.9 Å². The molecule has 0 N–H and O–H groups in total. The topological polar surface area (TPSA) is 6.48 Å². The molecule has 2 nitrogen and oxygen atoms in total. The maximum absolute atomic E-state index is 2.40. The van der Waals surface area contributed by atoms with E-state index in [0.717, 1.165) is 32.7 Å². The number of hydrogen-bond donors (Lipinski definition) is 0. The van der Waals surface area contributed by atoms with Crippen molar-refractivity contribution in [2.45, 2.75) is 27.7 Å². The fraction of sp³-hybridized carbons (Fsp3) is 0.818. The van der Waals surface area contributed by atoms with Gasteiger partial charge >= 0.3 is 0 Å². The summed E-state index contributed by atoms with van der Waals surface area (Å²) in [6.45, 7) is 14.3. The van der Waals surface area contributed by atoms with Crippen LogP contribution in [0.5, 0.6) is 0 Å². The maximum Gasteiger partial charge on any atom is 0.0180 e. The summed E-state index contributed by atoms with van der Waals surface area (Å²) in [4.78, 5) is 4.71. The summed E-state index contributed by atoms with van der Waals surface area (Å²) in [6, 6.07) is 0. The average Bonchev–Trinajstić information content (AvgIpc) is 2.19. The van der Waals surface area contributed by atoms with Crippen molar-refractivity contribution in [2.24, 2.45) is 0 Å². The number of rotatable bonds is 7. The Labute approximate surface area is 83.2 Å². The molecule has 0 atom stereocenters. The van der Waals surface area contributed by atoms with Gasteiger partial charge in [0.2, 0.25) is 0 Å². The highest BCUT2D eigenvalue weighted by molar-refractivity contribution is 4.84. The normalized spacial score (nSPS) is 11.5. The fourth-order valence-electron chi connectivity index (χ4n) is 1.26. The number of nitrogens with zero attached hydrogens (tertiary/aromatic N) is 2. The van der Waals surface area contributed by atoms with Crippen molar-refractivity contribution < 1.29 is 0 Å². The number of hydrogen-bond acceptors (Lipinski definition) is 2. The smallest absolute Gasteiger partial charge is 0.0180 e. The van der Waals surface area contributed by atoms with Crippen molar-refractivity contribution in [1.82, 2.24) is 9.80 Å². The Morgan fingerprint density at radius 1 is 0.846 bits per heavy atom. The van der Waals surface area contributed by atoms with Crippen molar-refractivity contribution in [3.63, 3.8) is 0 Å². The Morgan fingerprint density at radius 2 is 1.38 bits per heavy atom. The molecule has 0 rings (SSSR count). The van der Waals surface area contributed by atoms with E-state index >= 15 is 0 Å². The van der Waals surface area contributed by atoms with Gasteiger partial charge in [0.25, 0.3) is 0 Å². The molecule has 0 heterocycles. The molecule has 0 aliphatic rings. The summed E-state index contributed by atoms with van der Waals surface area (Å²) >= 11 is 0. The van der Waals surface area contributed by atoms with Gasteiger partial charge in [-0.25, -0.2) is 0 Å². The van der Waals surface area contributed by atoms with E-state index < -0.39 is 0 Å². The van der Waals surface area contributed by atoms with Crippen LogP contribution in [0.15, 0.2) is 12.3 Å². The first-order valence-electron chi connectivity index (χ1n) is 5.41. The van der Waals surface area contributed by atoms with Crippen LogP contribution < -0.4 is 0 Å². The zero-order chi connectivity index (χ0) is 10.1. The third kappa shape index (κ3) is 5.69. The Morgan fingerprint density at radius 3 is 1.77 bits per heavy atom. The first kappa shape index (κ1) is 12.5. The molecule has 0 amide bonds. The molecule has 0 fully saturated rings. The van der Waals surface area contributed by atoms with E-state index in [0.29, 0.717) is 0 Å². The van der Waals surface area contributed by atoms with E-state index in [9.17, 15) is 0 Å². The lowest BCUT2D eigenvalue weighted by Crippen LogP contribution is -2.23. The zero-order valence-corrected chi connectivity index (χ0v) is 9.58. The monoisotopic (exact) mass is 184 g/mol. The molecule has 0 aromatic rings. The Bertz CT molecular complexity index is 124. The summed E-state index contributed by atoms with van der Waals surface area (Å²) in [5, 5.41) is 0. The number of likely N-dealkylation sites (N-methyl/N-ethyl adjacent to an activating group) is 1. The van der Waals surface area contributed by atoms with E-state index in [1.807, 2.05) is 0 Å². The molecule has 0 saturated heterocycles. The lowest BCUT2D eigenvalue weighted by Gasteiger charge is -2.18. The van der Waals surface area contributed by atoms with Gasteiger partial charge in [0.05, 0.1) is 0 Å². The van der Waals surface area contributed by atoms with Crippen LogP contribution in [-0.2, 0) is 0 Å². The highest BCUT2D eigenvalue weighted by Crippen LogP contribution is 1.91. The molecule has 13 heavy (non-hydrogen) atoms. The highest BCUT2D eigenvalue weighted by atomic mass is 15.1. The maximum atomic E-state index is 2.40. The molecule has 78 valence electrons. The second kappa shape index (κ2) is 8.11. The molecule has 0 aliphatic carbocycles. The minimum Gasteiger partial charge on any atom is -0.378 e. The molecule has 0 saturated carbocycles. The third-order valence-electron chi connectivity index (χ3n) is 2.39. The third-order valence-corrected chi connectivity index (χ3v) is 2.39. The van der Waals surface area contributed by atoms with Gasteiger partial charge < -0.3 is 9.80 Å². The Balaban J connectivity index is 3.70. The van der Waals surface area contributed by atoms with E-state index in [2.05, 4.69) is 49.8 Å². The predicted molar refractivity (Wildman–Crippen MR) is 59.8 cm³/mol. The molecular formula is C11H24N2. The van der Waals surface area contributed by atoms with Crippen LogP contribution in [0.1, 0.15) is 27.7 Å². The minimum absolute atomic E-state index is 1.07. The van der Waals surface area contributed by atoms with E-state index in [-0.39, 0.29) is 0 Å². The van der Waals surface area contributed by atoms with Crippen LogP contribution in [0.2, 0.25) is 0 Å². The van der Waals surface area contributed by atoms with Crippen molar-refractivity contribution in [1.29, 1.82) is 0 Å². The average molecular weight is 184 g/mol. The molecule has 0 aromatic heterocycles. The van der Waals surface area contributed by atoms with Gasteiger partial charge in [0, 0.05) is 19.6 Å². The van der Waals surface area contributed by atoms with Crippen molar-refractivity contribution in [2.75, 3.05) is 32.7 Å². The molecule has 0 unspecified atom stereocenters. The second-order valence-corrected chi connectivity index (χ2v) is 3.09. The summed E-state index contributed by atoms with van der Waals surface area (Å²) in [7, 11) is 0. The van der Waals surface area contributed by atoms with Crippen LogP contribution in [0.4, 0.5) is 0 Å². The minimum atomic E-state index is 1.07. The van der Waals surface area contributed by atoms with Crippen molar-refractivity contribution in [3.05, 3.63) is 12.3 Å². The standard InChI is InChI=1S/C11H24N2/c1-5-12(6-2)10-9-11-13(7-3)8-4/h9-10H,5-8,11H2,1-4H3/b10-9+. The molecular weight excluding hydrogens is 160 g/mol. The fourth-order valence-corrected chi connectivity index (χ4v) is 1.26. The largest absolute Gasteiger partial charge is 0.378 e. The molecule has 0 radical (unpaired) electrons. The quantitative estimate of drug-likeness (QED) is 0.598. The summed E-state index contributed by atoms with van der Waals surface area (Å²) in [6.07, 6.45) is 4.46. The molecule has 0 aromatic carbocycles. The van der Waals surface area contributed by atoms with Gasteiger partial charge in [0.1, 0.15) is 0 Å². The van der Waals surface area contributed by atoms with E-state index in [4.69, 9.17) is 0 Å². The Kier molecular flexibility index (Phi) is 7.80. The van der Waals surface area contributed by atoms with Crippen molar-refractivity contribution >= 4 is 0 Å². The van der Waals surface area contributed by atoms with Crippen LogP contribution in [-0.4, -0.2) is 42.5 Å². The first-order valence-corrected chi connectivity index (χ1v) is 5.41. The van der Waals surface area contributed by atoms with Gasteiger partial charge in [-0.05, 0) is 33.1 Å². The lowest BCUT2D eigenvalue weighted by atomic mass is 10.4. The van der Waals surface area contributed by atoms with Gasteiger partial charge in [-0.15, -0.1) is 0 Å². The Hall–Kier alpha value is -0.500. The summed E-state index contributed by atoms with van der Waals surface area (Å²) in [5.74, 6) is 0. The molecule has 0 bridgehead atoms. The molecule has 0 spiro atoms. The highest BCUT2D eigenvalue weighted by Gasteiger charge is 1.94. The van der Waals surface area contributed by atoms with Gasteiger partial charge in [-0.2, -0.15) is 0 Å². The van der Waals surface area contributed by atoms with Crippen LogP contribution in [0, 0.1) is 0 Å². The van der Waals surface area contributed by atoms with Crippen LogP contribution in [0.25, 0.3) is 0 Å². The molecule has 2 heteroatoms. The molecule has 0 aliphatic heterocycles. The van der Waals surface area contributed by atoms with Crippen LogP contribution in [0.3, 0.4) is 0 Å². The van der Waals surface area contributed by atoms with Crippen molar-refractivity contribution in [3.8, 4) is 0 Å². The van der Waals surface area contributed by atoms with Crippen LogP contribution >= 0.6 is 0 Å². The second-order valence-electron chi connectivity index (χ2n) is 3.09. The summed E-state index contributed by atoms with van der Waals surface area (Å²) in [5.41, 5.74) is 0. The summed E-state index contributed by atoms with van der Waals surface area (Å²) < 4.78 is 0. The zero-order valence-electron chi connectivity index (χ0n) is 9.58.